The van der Waals surface area contributed by atoms with Crippen LogP contribution in [0.3, 0.4) is 0 Å². The molecule has 0 radical (unpaired) electrons. The number of carbonyl (C=O) groups excluding carboxylic acids is 2. The fourth-order valence-electron chi connectivity index (χ4n) is 3.92. The molecule has 37 heavy (non-hydrogen) atoms. The van der Waals surface area contributed by atoms with Crippen molar-refractivity contribution in [2.24, 2.45) is 0 Å². The van der Waals surface area contributed by atoms with Gasteiger partial charge in [0.25, 0.3) is 10.0 Å². The maximum absolute atomic E-state index is 14.9. The van der Waals surface area contributed by atoms with E-state index < -0.39 is 34.3 Å². The van der Waals surface area contributed by atoms with Crippen molar-refractivity contribution in [1.29, 1.82) is 0 Å². The van der Waals surface area contributed by atoms with Crippen LogP contribution in [0.4, 0.5) is 10.1 Å². The van der Waals surface area contributed by atoms with Crippen LogP contribution in [0.5, 0.6) is 0 Å². The van der Waals surface area contributed by atoms with E-state index in [1.165, 1.54) is 35.2 Å². The average Bonchev–Trinajstić information content (AvgIpc) is 2.86. The van der Waals surface area contributed by atoms with Crippen LogP contribution in [-0.4, -0.2) is 44.3 Å². The molecule has 196 valence electrons. The third-order valence-electron chi connectivity index (χ3n) is 5.96. The van der Waals surface area contributed by atoms with Crippen LogP contribution in [0.1, 0.15) is 30.5 Å². The third kappa shape index (κ3) is 6.74. The number of halogens is 1. The molecular weight excluding hydrogens is 493 g/mol. The lowest BCUT2D eigenvalue weighted by atomic mass is 10.1. The van der Waals surface area contributed by atoms with E-state index in [1.54, 1.807) is 26.0 Å². The van der Waals surface area contributed by atoms with E-state index in [2.05, 4.69) is 5.32 Å². The van der Waals surface area contributed by atoms with Crippen LogP contribution >= 0.6 is 0 Å². The number of amides is 2. The molecule has 0 aliphatic heterocycles. The minimum Gasteiger partial charge on any atom is -0.355 e. The second-order valence-corrected chi connectivity index (χ2v) is 10.7. The molecule has 3 aromatic carbocycles. The second-order valence-electron chi connectivity index (χ2n) is 8.86. The maximum atomic E-state index is 14.9. The number of hydrogen-bond acceptors (Lipinski definition) is 4. The standard InChI is InChI=1S/C28H32FN3O4S/c1-5-30-28(34)22(4)31(18-23-10-8-9-21(3)17-23)27(33)19-32(26-12-7-6-11-25(26)29)37(35,36)24-15-13-20(2)14-16-24/h6-17,22H,5,18-19H2,1-4H3,(H,30,34). The first kappa shape index (κ1) is 27.9. The Labute approximate surface area is 218 Å². The zero-order chi connectivity index (χ0) is 27.2. The Bertz CT molecular complexity index is 1360. The number of nitrogens with one attached hydrogen (secondary N) is 1. The summed E-state index contributed by atoms with van der Waals surface area (Å²) in [7, 11) is -4.31. The number of aryl methyl sites for hydroxylation is 2. The summed E-state index contributed by atoms with van der Waals surface area (Å²) < 4.78 is 43.0. The number of anilines is 1. The Kier molecular flexibility index (Phi) is 9.04. The van der Waals surface area contributed by atoms with Crippen LogP contribution in [-0.2, 0) is 26.2 Å². The topological polar surface area (TPSA) is 86.8 Å². The van der Waals surface area contributed by atoms with E-state index in [9.17, 15) is 22.4 Å². The molecule has 0 saturated heterocycles. The van der Waals surface area contributed by atoms with Crippen molar-refractivity contribution in [3.8, 4) is 0 Å². The van der Waals surface area contributed by atoms with Gasteiger partial charge in [0.2, 0.25) is 11.8 Å². The third-order valence-corrected chi connectivity index (χ3v) is 7.74. The molecule has 1 atom stereocenters. The van der Waals surface area contributed by atoms with Crippen molar-refractivity contribution >= 4 is 27.5 Å². The van der Waals surface area contributed by atoms with E-state index in [4.69, 9.17) is 0 Å². The van der Waals surface area contributed by atoms with Gasteiger partial charge < -0.3 is 10.2 Å². The van der Waals surface area contributed by atoms with Crippen molar-refractivity contribution < 1.29 is 22.4 Å². The number of para-hydroxylation sites is 1. The molecule has 0 fully saturated rings. The number of hydrogen-bond donors (Lipinski definition) is 1. The zero-order valence-electron chi connectivity index (χ0n) is 21.4. The Morgan fingerprint density at radius 3 is 2.24 bits per heavy atom. The number of sulfonamides is 1. The molecule has 2 amide bonds. The van der Waals surface area contributed by atoms with E-state index in [1.807, 2.05) is 38.1 Å². The Morgan fingerprint density at radius 2 is 1.62 bits per heavy atom. The van der Waals surface area contributed by atoms with Crippen LogP contribution in [0.25, 0.3) is 0 Å². The first-order valence-corrected chi connectivity index (χ1v) is 13.4. The minimum absolute atomic E-state index is 0.0730. The van der Waals surface area contributed by atoms with Crippen molar-refractivity contribution in [3.63, 3.8) is 0 Å². The van der Waals surface area contributed by atoms with Crippen molar-refractivity contribution in [3.05, 3.63) is 95.3 Å². The van der Waals surface area contributed by atoms with Gasteiger partial charge >= 0.3 is 0 Å². The van der Waals surface area contributed by atoms with Crippen LogP contribution in [0, 0.1) is 19.7 Å². The van der Waals surface area contributed by atoms with Gasteiger partial charge in [0, 0.05) is 13.1 Å². The summed E-state index contributed by atoms with van der Waals surface area (Å²) in [6.07, 6.45) is 0. The molecule has 0 heterocycles. The highest BCUT2D eigenvalue weighted by molar-refractivity contribution is 7.92. The number of rotatable bonds is 10. The van der Waals surface area contributed by atoms with Gasteiger partial charge in [0.1, 0.15) is 18.4 Å². The maximum Gasteiger partial charge on any atom is 0.264 e. The van der Waals surface area contributed by atoms with E-state index >= 15 is 0 Å². The molecule has 0 saturated carbocycles. The second kappa shape index (κ2) is 12.0. The molecule has 1 N–H and O–H groups in total. The molecule has 0 aliphatic rings. The molecule has 9 heteroatoms. The van der Waals surface area contributed by atoms with Crippen molar-refractivity contribution in [2.75, 3.05) is 17.4 Å². The Hall–Kier alpha value is -3.72. The smallest absolute Gasteiger partial charge is 0.264 e. The molecule has 3 rings (SSSR count). The summed E-state index contributed by atoms with van der Waals surface area (Å²) in [6, 6.07) is 18.1. The predicted octanol–water partition coefficient (Wildman–Crippen LogP) is 4.19. The van der Waals surface area contributed by atoms with Gasteiger partial charge in [0.15, 0.2) is 0 Å². The number of benzene rings is 3. The lowest BCUT2D eigenvalue weighted by molar-refractivity contribution is -0.139. The molecule has 0 bridgehead atoms. The van der Waals surface area contributed by atoms with Crippen molar-refractivity contribution in [2.45, 2.75) is 45.2 Å². The summed E-state index contributed by atoms with van der Waals surface area (Å²) in [4.78, 5) is 27.7. The molecule has 7 nitrogen and oxygen atoms in total. The van der Waals surface area contributed by atoms with Gasteiger partial charge in [-0.1, -0.05) is 59.7 Å². The summed E-state index contributed by atoms with van der Waals surface area (Å²) >= 11 is 0. The summed E-state index contributed by atoms with van der Waals surface area (Å²) in [6.45, 7) is 6.85. The first-order chi connectivity index (χ1) is 17.5. The molecule has 3 aromatic rings. The summed E-state index contributed by atoms with van der Waals surface area (Å²) in [5, 5.41) is 2.71. The molecule has 0 spiro atoms. The normalized spacial score (nSPS) is 12.0. The number of nitrogens with zero attached hydrogens (tertiary/aromatic N) is 2. The van der Waals surface area contributed by atoms with Gasteiger partial charge in [-0.15, -0.1) is 0 Å². The first-order valence-electron chi connectivity index (χ1n) is 12.0. The van der Waals surface area contributed by atoms with Gasteiger partial charge in [-0.05, 0) is 57.5 Å². The molecule has 1 unspecified atom stereocenters. The zero-order valence-corrected chi connectivity index (χ0v) is 22.3. The Morgan fingerprint density at radius 1 is 0.946 bits per heavy atom. The van der Waals surface area contributed by atoms with E-state index in [0.29, 0.717) is 6.54 Å². The fourth-order valence-corrected chi connectivity index (χ4v) is 5.34. The van der Waals surface area contributed by atoms with Gasteiger partial charge in [-0.25, -0.2) is 12.8 Å². The number of likely N-dealkylation sites (N-methyl/N-ethyl adjacent to an activating group) is 1. The minimum atomic E-state index is -4.31. The highest BCUT2D eigenvalue weighted by atomic mass is 32.2. The highest BCUT2D eigenvalue weighted by Crippen LogP contribution is 2.27. The fraction of sp³-hybridized carbons (Fsp3) is 0.286. The van der Waals surface area contributed by atoms with Gasteiger partial charge in [-0.2, -0.15) is 0 Å². The predicted molar refractivity (Wildman–Crippen MR) is 142 cm³/mol. The number of carbonyl (C=O) groups is 2. The Balaban J connectivity index is 2.04. The van der Waals surface area contributed by atoms with Crippen LogP contribution < -0.4 is 9.62 Å². The van der Waals surface area contributed by atoms with Crippen LogP contribution in [0.2, 0.25) is 0 Å². The SMILES string of the molecule is CCNC(=O)C(C)N(Cc1cccc(C)c1)C(=O)CN(c1ccccc1F)S(=O)(=O)c1ccc(C)cc1. The lowest BCUT2D eigenvalue weighted by Crippen LogP contribution is -2.51. The van der Waals surface area contributed by atoms with Gasteiger partial charge in [0.05, 0.1) is 10.6 Å². The highest BCUT2D eigenvalue weighted by Gasteiger charge is 2.33. The summed E-state index contributed by atoms with van der Waals surface area (Å²) in [5.41, 5.74) is 2.36. The van der Waals surface area contributed by atoms with Crippen LogP contribution in [0.15, 0.2) is 77.7 Å². The largest absolute Gasteiger partial charge is 0.355 e. The lowest BCUT2D eigenvalue weighted by Gasteiger charge is -2.32. The van der Waals surface area contributed by atoms with E-state index in [0.717, 1.165) is 27.1 Å². The monoisotopic (exact) mass is 525 g/mol. The van der Waals surface area contributed by atoms with Gasteiger partial charge in [-0.3, -0.25) is 13.9 Å². The average molecular weight is 526 g/mol. The molecule has 0 aliphatic carbocycles. The molecular formula is C28H32FN3O4S. The quantitative estimate of drug-likeness (QED) is 0.430. The van der Waals surface area contributed by atoms with E-state index in [-0.39, 0.29) is 23.0 Å². The van der Waals surface area contributed by atoms with Crippen molar-refractivity contribution in [1.82, 2.24) is 10.2 Å². The summed E-state index contributed by atoms with van der Waals surface area (Å²) in [5.74, 6) is -1.80. The molecule has 0 aromatic heterocycles.